The molecule has 0 atom stereocenters. The van der Waals surface area contributed by atoms with Crippen molar-refractivity contribution in [3.05, 3.63) is 23.9 Å². The Labute approximate surface area is 54.3 Å². The van der Waals surface area contributed by atoms with Gasteiger partial charge in [-0.2, -0.15) is 0 Å². The minimum absolute atomic E-state index is 0. The van der Waals surface area contributed by atoms with Crippen molar-refractivity contribution in [2.45, 2.75) is 0 Å². The predicted octanol–water partition coefficient (Wildman–Crippen LogP) is 1.63. The van der Waals surface area contributed by atoms with Gasteiger partial charge in [0.1, 0.15) is 0 Å². The molecular weight excluding hydrogens is 133 g/mol. The third-order valence-corrected chi connectivity index (χ3v) is 0.440. The summed E-state index contributed by atoms with van der Waals surface area (Å²) in [6.07, 6.45) is 4.70. The van der Waals surface area contributed by atoms with Crippen molar-refractivity contribution >= 4 is 24.0 Å². The monoisotopic (exact) mass is 139 g/mol. The largest absolute Gasteiger partial charge is 0.405 e. The van der Waals surface area contributed by atoms with Crippen LogP contribution in [-0.2, 0) is 0 Å². The maximum atomic E-state index is 5.09. The van der Waals surface area contributed by atoms with Gasteiger partial charge < -0.3 is 5.73 Å². The quantitative estimate of drug-likeness (QED) is 0.550. The smallest absolute Gasteiger partial charge is 0.00429 e. The Kier molecular flexibility index (Phi) is 13.2. The molecule has 0 saturated heterocycles. The van der Waals surface area contributed by atoms with Gasteiger partial charge >= 0.3 is 0 Å². The van der Waals surface area contributed by atoms with E-state index in [1.54, 1.807) is 12.2 Å². The summed E-state index contributed by atoms with van der Waals surface area (Å²) in [6, 6.07) is 0. The van der Waals surface area contributed by atoms with Crippen LogP contribution >= 0.6 is 24.0 Å². The molecule has 0 heterocycles. The lowest BCUT2D eigenvalue weighted by Crippen LogP contribution is -1.71. The molecule has 0 aliphatic carbocycles. The molecular formula is C4H7Cl2N. The van der Waals surface area contributed by atoms with Gasteiger partial charge in [-0.15, -0.1) is 12.4 Å². The topological polar surface area (TPSA) is 26.0 Å². The van der Waals surface area contributed by atoms with Crippen LogP contribution in [0.4, 0.5) is 0 Å². The van der Waals surface area contributed by atoms with Crippen molar-refractivity contribution in [2.75, 3.05) is 0 Å². The van der Waals surface area contributed by atoms with Crippen molar-refractivity contribution in [1.82, 2.24) is 0 Å². The third kappa shape index (κ3) is 10.7. The second-order valence-electron chi connectivity index (χ2n) is 0.703. The van der Waals surface area contributed by atoms with Gasteiger partial charge in [0.15, 0.2) is 0 Å². The van der Waals surface area contributed by atoms with E-state index in [4.69, 9.17) is 17.3 Å². The third-order valence-electron chi connectivity index (χ3n) is 0.295. The fourth-order valence-electron chi connectivity index (χ4n) is 0.106. The maximum Gasteiger partial charge on any atom is 0.00429 e. The molecule has 0 fully saturated rings. The van der Waals surface area contributed by atoms with Crippen molar-refractivity contribution in [3.63, 3.8) is 0 Å². The molecule has 0 aromatic heterocycles. The molecule has 0 aliphatic heterocycles. The van der Waals surface area contributed by atoms with Gasteiger partial charge in [0.25, 0.3) is 0 Å². The Morgan fingerprint density at radius 3 is 2.00 bits per heavy atom. The van der Waals surface area contributed by atoms with Crippen LogP contribution in [0.2, 0.25) is 0 Å². The Morgan fingerprint density at radius 2 is 1.86 bits per heavy atom. The number of hydrogen-bond donors (Lipinski definition) is 1. The van der Waals surface area contributed by atoms with Crippen LogP contribution in [0.25, 0.3) is 0 Å². The van der Waals surface area contributed by atoms with Crippen molar-refractivity contribution < 1.29 is 0 Å². The van der Waals surface area contributed by atoms with E-state index < -0.39 is 0 Å². The first-order valence-electron chi connectivity index (χ1n) is 1.55. The molecule has 0 unspecified atom stereocenters. The lowest BCUT2D eigenvalue weighted by Gasteiger charge is -1.62. The Morgan fingerprint density at radius 1 is 1.29 bits per heavy atom. The SMILES string of the molecule is Cl.N/C=C\C=C\Cl. The average Bonchev–Trinajstić information content (AvgIpc) is 1.61. The zero-order chi connectivity index (χ0) is 4.83. The summed E-state index contributed by atoms with van der Waals surface area (Å²) < 4.78 is 0. The highest BCUT2D eigenvalue weighted by atomic mass is 35.5. The lowest BCUT2D eigenvalue weighted by atomic mass is 10.6. The molecule has 2 N–H and O–H groups in total. The van der Waals surface area contributed by atoms with Gasteiger partial charge in [0.05, 0.1) is 0 Å². The minimum Gasteiger partial charge on any atom is -0.405 e. The van der Waals surface area contributed by atoms with Crippen molar-refractivity contribution in [2.24, 2.45) is 5.73 Å². The van der Waals surface area contributed by atoms with E-state index in [9.17, 15) is 0 Å². The van der Waals surface area contributed by atoms with E-state index in [2.05, 4.69) is 0 Å². The highest BCUT2D eigenvalue weighted by Gasteiger charge is 1.50. The number of allylic oxidation sites excluding steroid dienone is 2. The number of halogens is 2. The van der Waals surface area contributed by atoms with E-state index in [1.165, 1.54) is 11.7 Å². The molecule has 0 saturated carbocycles. The molecule has 0 aromatic rings. The molecule has 3 heteroatoms. The fourth-order valence-corrected chi connectivity index (χ4v) is 0.190. The molecule has 0 aliphatic rings. The Hall–Kier alpha value is -0.140. The molecule has 0 rings (SSSR count). The first-order valence-corrected chi connectivity index (χ1v) is 1.99. The minimum atomic E-state index is 0. The van der Waals surface area contributed by atoms with E-state index >= 15 is 0 Å². The summed E-state index contributed by atoms with van der Waals surface area (Å²) in [7, 11) is 0. The van der Waals surface area contributed by atoms with Crippen molar-refractivity contribution in [3.8, 4) is 0 Å². The summed E-state index contributed by atoms with van der Waals surface area (Å²) in [5.41, 5.74) is 6.32. The van der Waals surface area contributed by atoms with Crippen LogP contribution in [0, 0.1) is 0 Å². The summed E-state index contributed by atoms with van der Waals surface area (Å²) in [5, 5.41) is 0. The Bertz CT molecular complexity index is 58.1. The van der Waals surface area contributed by atoms with Gasteiger partial charge in [0, 0.05) is 5.54 Å². The second-order valence-corrected chi connectivity index (χ2v) is 0.955. The average molecular weight is 140 g/mol. The summed E-state index contributed by atoms with van der Waals surface area (Å²) in [4.78, 5) is 0. The highest BCUT2D eigenvalue weighted by molar-refractivity contribution is 6.25. The van der Waals surface area contributed by atoms with Crippen molar-refractivity contribution in [1.29, 1.82) is 0 Å². The highest BCUT2D eigenvalue weighted by Crippen LogP contribution is 1.76. The molecule has 0 bridgehead atoms. The van der Waals surface area contributed by atoms with Crippen LogP contribution in [0.15, 0.2) is 23.9 Å². The van der Waals surface area contributed by atoms with E-state index in [1.807, 2.05) is 0 Å². The lowest BCUT2D eigenvalue weighted by molar-refractivity contribution is 1.60. The second kappa shape index (κ2) is 9.29. The fraction of sp³-hybridized carbons (Fsp3) is 0. The molecule has 0 spiro atoms. The van der Waals surface area contributed by atoms with Gasteiger partial charge in [-0.1, -0.05) is 11.6 Å². The first kappa shape index (κ1) is 9.97. The van der Waals surface area contributed by atoms with Gasteiger partial charge in [-0.05, 0) is 18.4 Å². The molecule has 0 aromatic carbocycles. The first-order chi connectivity index (χ1) is 2.91. The van der Waals surface area contributed by atoms with Gasteiger partial charge in [-0.3, -0.25) is 0 Å². The zero-order valence-electron chi connectivity index (χ0n) is 3.67. The molecule has 1 nitrogen and oxygen atoms in total. The normalized spacial score (nSPS) is 9.86. The summed E-state index contributed by atoms with van der Waals surface area (Å²) in [5.74, 6) is 0. The number of rotatable bonds is 1. The molecule has 0 radical (unpaired) electrons. The van der Waals surface area contributed by atoms with Crippen LogP contribution in [0.1, 0.15) is 0 Å². The standard InChI is InChI=1S/C4H6ClN.ClH/c5-3-1-2-4-6;/h1-4H,6H2;1H/b3-1+,4-2-;. The number of hydrogen-bond acceptors (Lipinski definition) is 1. The molecule has 0 amide bonds. The van der Waals surface area contributed by atoms with Crippen LogP contribution in [0.3, 0.4) is 0 Å². The van der Waals surface area contributed by atoms with E-state index in [0.717, 1.165) is 0 Å². The van der Waals surface area contributed by atoms with Crippen LogP contribution in [0.5, 0.6) is 0 Å². The molecule has 42 valence electrons. The van der Waals surface area contributed by atoms with Gasteiger partial charge in [-0.25, -0.2) is 0 Å². The van der Waals surface area contributed by atoms with E-state index in [-0.39, 0.29) is 12.4 Å². The van der Waals surface area contributed by atoms with E-state index in [0.29, 0.717) is 0 Å². The summed E-state index contributed by atoms with van der Waals surface area (Å²) >= 11 is 5.09. The van der Waals surface area contributed by atoms with Crippen LogP contribution in [-0.4, -0.2) is 0 Å². The number of nitrogens with two attached hydrogens (primary N) is 1. The Balaban J connectivity index is 0. The summed E-state index contributed by atoms with van der Waals surface area (Å²) in [6.45, 7) is 0. The zero-order valence-corrected chi connectivity index (χ0v) is 5.25. The predicted molar refractivity (Wildman–Crippen MR) is 35.6 cm³/mol. The maximum absolute atomic E-state index is 5.09. The van der Waals surface area contributed by atoms with Crippen LogP contribution < -0.4 is 5.73 Å². The molecule has 7 heavy (non-hydrogen) atoms. The van der Waals surface area contributed by atoms with Gasteiger partial charge in [0.2, 0.25) is 0 Å².